The molecule has 0 saturated carbocycles. The highest BCUT2D eigenvalue weighted by Gasteiger charge is 2.08. The van der Waals surface area contributed by atoms with Gasteiger partial charge in [0.15, 0.2) is 17.4 Å². The van der Waals surface area contributed by atoms with Gasteiger partial charge in [-0.2, -0.15) is 0 Å². The molecule has 3 aromatic rings. The molecule has 2 N–H and O–H groups in total. The Morgan fingerprint density at radius 1 is 1.00 bits per heavy atom. The molecule has 7 heteroatoms. The molecule has 1 aromatic heterocycles. The van der Waals surface area contributed by atoms with Gasteiger partial charge in [-0.15, -0.1) is 0 Å². The molecule has 0 radical (unpaired) electrons. The summed E-state index contributed by atoms with van der Waals surface area (Å²) in [5, 5.41) is 12.2. The minimum absolute atomic E-state index is 0.154. The maximum absolute atomic E-state index is 13.4. The first kappa shape index (κ1) is 15.2. The predicted octanol–water partition coefficient (Wildman–Crippen LogP) is 4.52. The van der Waals surface area contributed by atoms with E-state index in [4.69, 9.17) is 11.6 Å². The Morgan fingerprint density at radius 3 is 2.57 bits per heavy atom. The third-order valence-electron chi connectivity index (χ3n) is 3.00. The molecule has 0 amide bonds. The highest BCUT2D eigenvalue weighted by atomic mass is 35.5. The van der Waals surface area contributed by atoms with Crippen molar-refractivity contribution in [3.63, 3.8) is 0 Å². The summed E-state index contributed by atoms with van der Waals surface area (Å²) in [4.78, 5) is 8.29. The predicted molar refractivity (Wildman–Crippen MR) is 83.8 cm³/mol. The molecule has 0 unspecified atom stereocenters. The number of aromatic hydroxyl groups is 1. The summed E-state index contributed by atoms with van der Waals surface area (Å²) in [6.07, 6.45) is 0. The van der Waals surface area contributed by atoms with Crippen molar-refractivity contribution in [3.8, 4) is 17.1 Å². The summed E-state index contributed by atoms with van der Waals surface area (Å²) in [6, 6.07) is 11.1. The Morgan fingerprint density at radius 2 is 1.83 bits per heavy atom. The Labute approximate surface area is 135 Å². The number of phenolic OH excluding ortho intramolecular Hbond substituents is 1. The van der Waals surface area contributed by atoms with Gasteiger partial charge < -0.3 is 10.4 Å². The van der Waals surface area contributed by atoms with E-state index in [1.54, 1.807) is 6.07 Å². The Hall–Kier alpha value is -2.73. The maximum atomic E-state index is 13.4. The zero-order chi connectivity index (χ0) is 16.4. The quantitative estimate of drug-likeness (QED) is 0.546. The lowest BCUT2D eigenvalue weighted by Crippen LogP contribution is -1.98. The summed E-state index contributed by atoms with van der Waals surface area (Å²) in [5.74, 6) is -1.08. The second-order valence-corrected chi connectivity index (χ2v) is 5.09. The summed E-state index contributed by atoms with van der Waals surface area (Å²) >= 11 is 5.96. The lowest BCUT2D eigenvalue weighted by molar-refractivity contribution is 0.432. The fourth-order valence-electron chi connectivity index (χ4n) is 1.97. The van der Waals surface area contributed by atoms with Crippen LogP contribution < -0.4 is 5.32 Å². The summed E-state index contributed by atoms with van der Waals surface area (Å²) in [7, 11) is 0. The van der Waals surface area contributed by atoms with E-state index in [2.05, 4.69) is 15.3 Å². The Bertz CT molecular complexity index is 874. The van der Waals surface area contributed by atoms with Crippen LogP contribution in [0.4, 0.5) is 20.3 Å². The number of benzene rings is 2. The number of nitrogens with one attached hydrogen (secondary N) is 1. The largest absolute Gasteiger partial charge is 0.505 e. The van der Waals surface area contributed by atoms with Crippen LogP contribution in [0.2, 0.25) is 5.15 Å². The normalized spacial score (nSPS) is 10.6. The monoisotopic (exact) mass is 333 g/mol. The summed E-state index contributed by atoms with van der Waals surface area (Å²) in [5.41, 5.74) is 0.840. The molecule has 2 aromatic carbocycles. The molecule has 23 heavy (non-hydrogen) atoms. The van der Waals surface area contributed by atoms with Gasteiger partial charge in [0.2, 0.25) is 0 Å². The zero-order valence-electron chi connectivity index (χ0n) is 11.6. The van der Waals surface area contributed by atoms with Crippen molar-refractivity contribution in [2.45, 2.75) is 0 Å². The van der Waals surface area contributed by atoms with E-state index in [9.17, 15) is 13.9 Å². The van der Waals surface area contributed by atoms with E-state index in [0.717, 1.165) is 6.07 Å². The number of nitrogens with zero attached hydrogens (tertiary/aromatic N) is 2. The minimum Gasteiger partial charge on any atom is -0.505 e. The maximum Gasteiger partial charge on any atom is 0.166 e. The van der Waals surface area contributed by atoms with Gasteiger partial charge in [-0.25, -0.2) is 18.7 Å². The number of halogens is 3. The summed E-state index contributed by atoms with van der Waals surface area (Å²) in [6.45, 7) is 0. The Balaban J connectivity index is 1.95. The molecule has 1 heterocycles. The van der Waals surface area contributed by atoms with Gasteiger partial charge in [-0.1, -0.05) is 23.7 Å². The average Bonchev–Trinajstić information content (AvgIpc) is 2.50. The second kappa shape index (κ2) is 6.18. The van der Waals surface area contributed by atoms with Gasteiger partial charge in [0.25, 0.3) is 0 Å². The number of hydrogen-bond donors (Lipinski definition) is 2. The van der Waals surface area contributed by atoms with Crippen LogP contribution in [0, 0.1) is 11.6 Å². The minimum atomic E-state index is -0.763. The molecule has 4 nitrogen and oxygen atoms in total. The van der Waals surface area contributed by atoms with E-state index in [1.165, 1.54) is 36.4 Å². The van der Waals surface area contributed by atoms with Gasteiger partial charge >= 0.3 is 0 Å². The third kappa shape index (κ3) is 3.54. The average molecular weight is 334 g/mol. The first-order valence-corrected chi connectivity index (χ1v) is 6.95. The van der Waals surface area contributed by atoms with Crippen molar-refractivity contribution in [2.24, 2.45) is 0 Å². The molecule has 0 bridgehead atoms. The van der Waals surface area contributed by atoms with Crippen LogP contribution >= 0.6 is 11.6 Å². The van der Waals surface area contributed by atoms with E-state index in [1.807, 2.05) is 0 Å². The van der Waals surface area contributed by atoms with Crippen LogP contribution in [-0.2, 0) is 0 Å². The highest BCUT2D eigenvalue weighted by molar-refractivity contribution is 6.29. The van der Waals surface area contributed by atoms with Gasteiger partial charge in [-0.05, 0) is 24.3 Å². The molecule has 0 aliphatic rings. The van der Waals surface area contributed by atoms with Crippen molar-refractivity contribution < 1.29 is 13.9 Å². The fourth-order valence-corrected chi connectivity index (χ4v) is 2.15. The number of rotatable bonds is 3. The number of hydrogen-bond acceptors (Lipinski definition) is 4. The lowest BCUT2D eigenvalue weighted by atomic mass is 10.2. The molecule has 116 valence electrons. The van der Waals surface area contributed by atoms with Crippen LogP contribution in [0.5, 0.6) is 5.75 Å². The molecule has 0 fully saturated rings. The van der Waals surface area contributed by atoms with Crippen molar-refractivity contribution >= 4 is 23.1 Å². The molecule has 0 aliphatic carbocycles. The van der Waals surface area contributed by atoms with E-state index in [-0.39, 0.29) is 11.0 Å². The molecular formula is C16H10ClF2N3O. The summed E-state index contributed by atoms with van der Waals surface area (Å²) < 4.78 is 26.7. The van der Waals surface area contributed by atoms with Crippen molar-refractivity contribution in [1.82, 2.24) is 9.97 Å². The molecule has 0 saturated heterocycles. The number of aromatic nitrogens is 2. The van der Waals surface area contributed by atoms with Crippen molar-refractivity contribution in [1.29, 1.82) is 0 Å². The lowest BCUT2D eigenvalue weighted by Gasteiger charge is -2.09. The molecule has 0 aliphatic heterocycles. The van der Waals surface area contributed by atoms with Crippen LogP contribution in [0.25, 0.3) is 11.4 Å². The van der Waals surface area contributed by atoms with Crippen LogP contribution in [0.1, 0.15) is 0 Å². The molecular weight excluding hydrogens is 324 g/mol. The Kier molecular flexibility index (Phi) is 4.08. The van der Waals surface area contributed by atoms with Crippen LogP contribution in [0.15, 0.2) is 48.5 Å². The smallest absolute Gasteiger partial charge is 0.166 e. The first-order chi connectivity index (χ1) is 11.0. The molecule has 0 spiro atoms. The SMILES string of the molecule is Oc1ccc(Nc2cc(Cl)nc(-c3cccc(F)c3)n2)cc1F. The molecule has 3 rings (SSSR count). The van der Waals surface area contributed by atoms with Crippen molar-refractivity contribution in [3.05, 3.63) is 65.3 Å². The van der Waals surface area contributed by atoms with E-state index < -0.39 is 17.4 Å². The second-order valence-electron chi connectivity index (χ2n) is 4.70. The topological polar surface area (TPSA) is 58.0 Å². The van der Waals surface area contributed by atoms with Crippen LogP contribution in [-0.4, -0.2) is 15.1 Å². The number of phenols is 1. The zero-order valence-corrected chi connectivity index (χ0v) is 12.4. The van der Waals surface area contributed by atoms with Gasteiger partial charge in [0, 0.05) is 23.4 Å². The fraction of sp³-hybridized carbons (Fsp3) is 0. The first-order valence-electron chi connectivity index (χ1n) is 6.57. The van der Waals surface area contributed by atoms with Gasteiger partial charge in [0.1, 0.15) is 16.8 Å². The van der Waals surface area contributed by atoms with Gasteiger partial charge in [-0.3, -0.25) is 0 Å². The van der Waals surface area contributed by atoms with Gasteiger partial charge in [0.05, 0.1) is 0 Å². The van der Waals surface area contributed by atoms with E-state index in [0.29, 0.717) is 17.1 Å². The number of anilines is 2. The van der Waals surface area contributed by atoms with Crippen molar-refractivity contribution in [2.75, 3.05) is 5.32 Å². The standard InChI is InChI=1S/C16H10ClF2N3O/c17-14-8-15(20-11-4-5-13(23)12(19)7-11)22-16(21-14)9-2-1-3-10(18)6-9/h1-8,23H,(H,20,21,22). The van der Waals surface area contributed by atoms with Crippen LogP contribution in [0.3, 0.4) is 0 Å². The third-order valence-corrected chi connectivity index (χ3v) is 3.19. The van der Waals surface area contributed by atoms with E-state index >= 15 is 0 Å². The highest BCUT2D eigenvalue weighted by Crippen LogP contribution is 2.25. The molecule has 0 atom stereocenters.